The predicted octanol–water partition coefficient (Wildman–Crippen LogP) is 11.9. The van der Waals surface area contributed by atoms with Crippen molar-refractivity contribution < 1.29 is 51.8 Å². The number of hydrogen-bond donors (Lipinski definition) is 0. The van der Waals surface area contributed by atoms with Gasteiger partial charge < -0.3 is 23.1 Å². The van der Waals surface area contributed by atoms with Crippen molar-refractivity contribution in [1.82, 2.24) is 4.90 Å². The second kappa shape index (κ2) is 26.4. The quantitative estimate of drug-likeness (QED) is 0.0183. The van der Waals surface area contributed by atoms with Gasteiger partial charge in [0.25, 0.3) is 16.6 Å². The number of carbonyl (C=O) groups is 6. The first-order valence-electron chi connectivity index (χ1n) is 25.1. The summed E-state index contributed by atoms with van der Waals surface area (Å²) < 4.78 is 29.9. The zero-order valence-electron chi connectivity index (χ0n) is 43.7. The van der Waals surface area contributed by atoms with E-state index < -0.39 is 22.6 Å². The summed E-state index contributed by atoms with van der Waals surface area (Å²) >= 11 is 1.50. The Morgan fingerprint density at radius 3 is 1.89 bits per heavy atom. The molecule has 5 atom stereocenters. The van der Waals surface area contributed by atoms with Crippen LogP contribution in [0.2, 0.25) is 36.3 Å². The molecule has 0 aromatic heterocycles. The number of ketones is 2. The molecule has 0 bridgehead atoms. The van der Waals surface area contributed by atoms with Gasteiger partial charge in [0.15, 0.2) is 5.78 Å². The molecule has 1 saturated heterocycles. The van der Waals surface area contributed by atoms with Crippen LogP contribution in [-0.4, -0.2) is 95.6 Å². The fourth-order valence-electron chi connectivity index (χ4n) is 8.14. The van der Waals surface area contributed by atoms with Crippen molar-refractivity contribution >= 4 is 63.7 Å². The molecule has 386 valence electrons. The number of thioether (sulfide) groups is 1. The highest BCUT2D eigenvalue weighted by Crippen LogP contribution is 2.49. The molecule has 2 aromatic carbocycles. The lowest BCUT2D eigenvalue weighted by Crippen LogP contribution is -2.45. The number of hydrogen-bond acceptors (Lipinski definition) is 12. The molecular weight excluding hydrogens is 939 g/mol. The third kappa shape index (κ3) is 16.6. The van der Waals surface area contributed by atoms with Gasteiger partial charge in [-0.2, -0.15) is 11.8 Å². The molecule has 1 aliphatic heterocycles. The molecule has 1 heterocycles. The van der Waals surface area contributed by atoms with Gasteiger partial charge in [-0.25, -0.2) is 0 Å². The average Bonchev–Trinajstić information content (AvgIpc) is 3.79. The first-order chi connectivity index (χ1) is 32.9. The monoisotopic (exact) mass is 1020 g/mol. The van der Waals surface area contributed by atoms with Crippen molar-refractivity contribution in [2.24, 2.45) is 23.7 Å². The molecule has 12 nitrogen and oxygen atoms in total. The number of likely N-dealkylation sites (tertiary alicyclic amines) is 1. The van der Waals surface area contributed by atoms with E-state index in [0.29, 0.717) is 68.1 Å². The lowest BCUT2D eigenvalue weighted by atomic mass is 9.89. The Kier molecular flexibility index (Phi) is 22.0. The van der Waals surface area contributed by atoms with Crippen molar-refractivity contribution in [1.29, 1.82) is 0 Å². The highest BCUT2D eigenvalue weighted by molar-refractivity contribution is 7.99. The number of rotatable bonds is 30. The van der Waals surface area contributed by atoms with Gasteiger partial charge in [0.1, 0.15) is 23.9 Å². The molecule has 70 heavy (non-hydrogen) atoms. The van der Waals surface area contributed by atoms with E-state index in [0.717, 1.165) is 12.0 Å². The summed E-state index contributed by atoms with van der Waals surface area (Å²) in [4.78, 5) is 79.1. The van der Waals surface area contributed by atoms with Gasteiger partial charge in [0.2, 0.25) is 11.8 Å². The van der Waals surface area contributed by atoms with Gasteiger partial charge in [0, 0.05) is 49.0 Å². The minimum absolute atomic E-state index is 0.00507. The van der Waals surface area contributed by atoms with Crippen LogP contribution < -0.4 is 8.85 Å². The summed E-state index contributed by atoms with van der Waals surface area (Å²) in [7, 11) is -4.41. The van der Waals surface area contributed by atoms with Gasteiger partial charge in [-0.05, 0) is 104 Å². The first-order valence-corrected chi connectivity index (χ1v) is 32.0. The fourth-order valence-corrected chi connectivity index (χ4v) is 11.4. The van der Waals surface area contributed by atoms with Crippen LogP contribution in [0, 0.1) is 23.7 Å². The molecular formula is C55H81NO11SSi2. The molecule has 4 rings (SSSR count). The molecule has 0 radical (unpaired) electrons. The number of ether oxygens (including phenoxy) is 3. The Labute approximate surface area is 424 Å². The summed E-state index contributed by atoms with van der Waals surface area (Å²) in [5.74, 6) is -0.133. The fraction of sp³-hybridized carbons (Fsp3) is 0.600. The van der Waals surface area contributed by atoms with Crippen LogP contribution in [0.1, 0.15) is 127 Å². The lowest BCUT2D eigenvalue weighted by molar-refractivity contribution is -0.145. The summed E-state index contributed by atoms with van der Waals surface area (Å²) in [5.41, 5.74) is 1.53. The summed E-state index contributed by atoms with van der Waals surface area (Å²) in [6.45, 7) is 30.8. The SMILES string of the molecule is C=CC1CC(C=C)[C@@H]2C(=O)N(CCCCCOC(=O)CCC(=O)CC(SCCC(=O)OCCOCCCC(=O)c3ccc(O[Si](C)(C)C(C)(C)C)c(O[Si](C)(C)C(C)(C)C)c3)c3ccccc3)C(=O)[C@H]12. The molecule has 2 fully saturated rings. The van der Waals surface area contributed by atoms with E-state index in [2.05, 4.69) is 80.9 Å². The molecule has 3 unspecified atom stereocenters. The number of allylic oxidation sites excluding steroid dienone is 2. The van der Waals surface area contributed by atoms with Crippen LogP contribution in [0.15, 0.2) is 73.8 Å². The molecule has 1 saturated carbocycles. The second-order valence-electron chi connectivity index (χ2n) is 21.7. The topological polar surface area (TPSA) is 152 Å². The van der Waals surface area contributed by atoms with E-state index in [4.69, 9.17) is 23.1 Å². The normalized spacial score (nSPS) is 18.8. The molecule has 1 aliphatic carbocycles. The van der Waals surface area contributed by atoms with Crippen molar-refractivity contribution in [2.45, 2.75) is 147 Å². The molecule has 0 spiro atoms. The molecule has 15 heteroatoms. The first kappa shape index (κ1) is 58.3. The third-order valence-corrected chi connectivity index (χ3v) is 24.4. The van der Waals surface area contributed by atoms with Crippen LogP contribution in [0.4, 0.5) is 0 Å². The maximum atomic E-state index is 13.3. The molecule has 2 amide bonds. The highest BCUT2D eigenvalue weighted by Gasteiger charge is 2.56. The van der Waals surface area contributed by atoms with E-state index in [9.17, 15) is 28.8 Å². The minimum Gasteiger partial charge on any atom is -0.541 e. The number of imide groups is 1. The molecule has 2 aromatic rings. The number of esters is 2. The number of Topliss-reactive ketones (excluding diaryl/α,β-unsaturated/α-hetero) is 2. The van der Waals surface area contributed by atoms with Gasteiger partial charge in [0.05, 0.1) is 37.9 Å². The highest BCUT2D eigenvalue weighted by atomic mass is 32.2. The summed E-state index contributed by atoms with van der Waals surface area (Å²) in [5, 5.41) is -0.244. The molecule has 2 aliphatic rings. The Bertz CT molecular complexity index is 2100. The Morgan fingerprint density at radius 1 is 0.700 bits per heavy atom. The van der Waals surface area contributed by atoms with Gasteiger partial charge in [-0.1, -0.05) is 84.0 Å². The van der Waals surface area contributed by atoms with E-state index in [1.807, 2.05) is 48.5 Å². The van der Waals surface area contributed by atoms with Crippen molar-refractivity contribution in [3.05, 3.63) is 85.0 Å². The van der Waals surface area contributed by atoms with E-state index in [1.54, 1.807) is 12.2 Å². The number of nitrogens with zero attached hydrogens (tertiary/aromatic N) is 1. The smallest absolute Gasteiger partial charge is 0.306 e. The molecule has 0 N–H and O–H groups in total. The second-order valence-corrected chi connectivity index (χ2v) is 32.5. The van der Waals surface area contributed by atoms with E-state index in [-0.39, 0.29) is 114 Å². The van der Waals surface area contributed by atoms with Crippen LogP contribution in [-0.2, 0) is 38.2 Å². The minimum atomic E-state index is -2.24. The predicted molar refractivity (Wildman–Crippen MR) is 283 cm³/mol. The number of benzene rings is 2. The number of unbranched alkanes of at least 4 members (excludes halogenated alkanes) is 2. The van der Waals surface area contributed by atoms with Gasteiger partial charge in [-0.3, -0.25) is 33.7 Å². The van der Waals surface area contributed by atoms with E-state index in [1.165, 1.54) is 16.7 Å². The Hall–Kier alpha value is -4.32. The maximum absolute atomic E-state index is 13.3. The van der Waals surface area contributed by atoms with Gasteiger partial charge >= 0.3 is 11.9 Å². The third-order valence-electron chi connectivity index (χ3n) is 14.5. The number of amides is 2. The van der Waals surface area contributed by atoms with Crippen LogP contribution in [0.5, 0.6) is 11.5 Å². The number of carbonyl (C=O) groups excluding carboxylic acids is 6. The average molecular weight is 1020 g/mol. The summed E-state index contributed by atoms with van der Waals surface area (Å²) in [6.07, 6.45) is 7.34. The van der Waals surface area contributed by atoms with Crippen LogP contribution in [0.25, 0.3) is 0 Å². The Balaban J connectivity index is 1.11. The van der Waals surface area contributed by atoms with Gasteiger partial charge in [-0.15, -0.1) is 13.2 Å². The summed E-state index contributed by atoms with van der Waals surface area (Å²) in [6, 6.07) is 15.1. The van der Waals surface area contributed by atoms with Crippen LogP contribution >= 0.6 is 11.8 Å². The standard InChI is InChI=1S/C55H81NO11SSi2/c1-13-39-36-40(14-2)51-50(39)52(61)56(53(51)62)30-19-16-20-32-64-48(59)28-26-43(57)38-47(41-22-17-15-18-23-41)68-35-29-49(60)65-34-33-63-31-21-24-44(58)42-25-27-45(66-69(9,10)54(3,4)5)46(37-42)67-70(11,12)55(6,7)8/h13-15,17-18,22-23,25,27,37,39-40,47,50-51H,1-2,16,19-21,24,26,28-36,38H2,3-12H3/t39?,40?,47?,50-,51+. The lowest BCUT2D eigenvalue weighted by Gasteiger charge is -2.39. The van der Waals surface area contributed by atoms with Crippen molar-refractivity contribution in [2.75, 3.05) is 38.7 Å². The van der Waals surface area contributed by atoms with E-state index >= 15 is 0 Å². The Morgan fingerprint density at radius 2 is 1.29 bits per heavy atom. The zero-order chi connectivity index (χ0) is 51.9. The number of fused-ring (bicyclic) bond motifs is 1. The maximum Gasteiger partial charge on any atom is 0.306 e. The van der Waals surface area contributed by atoms with Crippen molar-refractivity contribution in [3.63, 3.8) is 0 Å². The van der Waals surface area contributed by atoms with Crippen molar-refractivity contribution in [3.8, 4) is 11.5 Å². The largest absolute Gasteiger partial charge is 0.541 e. The zero-order valence-corrected chi connectivity index (χ0v) is 46.6. The van der Waals surface area contributed by atoms with Crippen LogP contribution in [0.3, 0.4) is 0 Å².